The van der Waals surface area contributed by atoms with Gasteiger partial charge in [-0.05, 0) is 71.1 Å². The molecule has 0 spiro atoms. The van der Waals surface area contributed by atoms with Crippen LogP contribution in [0.4, 0.5) is 4.39 Å². The average Bonchev–Trinajstić information content (AvgIpc) is 3.41. The Labute approximate surface area is 198 Å². The summed E-state index contributed by atoms with van der Waals surface area (Å²) in [6, 6.07) is 24.1. The highest BCUT2D eigenvalue weighted by molar-refractivity contribution is 5.63. The summed E-state index contributed by atoms with van der Waals surface area (Å²) < 4.78 is 22.6. The number of aromatic nitrogens is 4. The van der Waals surface area contributed by atoms with Crippen molar-refractivity contribution in [3.8, 4) is 34.4 Å². The van der Waals surface area contributed by atoms with Crippen LogP contribution in [0.5, 0.6) is 0 Å². The minimum atomic E-state index is -0.774. The van der Waals surface area contributed by atoms with E-state index in [1.807, 2.05) is 73.6 Å². The fourth-order valence-corrected chi connectivity index (χ4v) is 3.17. The first-order valence-corrected chi connectivity index (χ1v) is 10.6. The molecule has 0 aliphatic heterocycles. The molecule has 0 amide bonds. The van der Waals surface area contributed by atoms with Gasteiger partial charge in [-0.15, -0.1) is 0 Å². The normalized spacial score (nSPS) is 10.1. The van der Waals surface area contributed by atoms with Crippen LogP contribution in [0.3, 0.4) is 0 Å². The number of halogens is 1. The number of rotatable bonds is 2. The second-order valence-corrected chi connectivity index (χ2v) is 7.64. The number of aromatic amines is 2. The first-order chi connectivity index (χ1) is 16.9. The third-order valence-corrected chi connectivity index (χ3v) is 5.01. The van der Waals surface area contributed by atoms with Gasteiger partial charge in [-0.1, -0.05) is 73.9 Å². The van der Waals surface area contributed by atoms with Crippen LogP contribution < -0.4 is 9.20 Å². The smallest absolute Gasteiger partial charge is 0.151 e. The van der Waals surface area contributed by atoms with E-state index >= 15 is 0 Å². The first-order valence-electron chi connectivity index (χ1n) is 10.6. The van der Waals surface area contributed by atoms with Crippen LogP contribution in [0.2, 0.25) is 0 Å². The number of nitrogens with zero attached hydrogens (tertiary/aromatic N) is 2. The van der Waals surface area contributed by atoms with E-state index in [9.17, 15) is 14.2 Å². The van der Waals surface area contributed by atoms with Crippen LogP contribution in [-0.4, -0.2) is 10.3 Å². The molecule has 0 aliphatic rings. The molecule has 5 aromatic rings. The largest absolute Gasteiger partial charge is 0.366 e. The Kier molecular flexibility index (Phi) is 6.83. The number of benzene rings is 3. The molecule has 0 unspecified atom stereocenters. The van der Waals surface area contributed by atoms with Crippen LogP contribution in [0.15, 0.2) is 88.1 Å². The lowest BCUT2D eigenvalue weighted by atomic mass is 10.1. The molecule has 0 saturated carbocycles. The fourth-order valence-electron chi connectivity index (χ4n) is 3.17. The van der Waals surface area contributed by atoms with Gasteiger partial charge in [0, 0.05) is 16.7 Å². The Morgan fingerprint density at radius 1 is 0.686 bits per heavy atom. The maximum atomic E-state index is 13.0. The van der Waals surface area contributed by atoms with Gasteiger partial charge >= 0.3 is 11.6 Å². The zero-order chi connectivity index (χ0) is 24.8. The van der Waals surface area contributed by atoms with Gasteiger partial charge in [0.05, 0.1) is 0 Å². The molecule has 9 heteroatoms. The number of nitrogens with one attached hydrogen (secondary N) is 2. The third kappa shape index (κ3) is 5.51. The summed E-state index contributed by atoms with van der Waals surface area (Å²) in [5.74, 6) is 5.17. The summed E-state index contributed by atoms with van der Waals surface area (Å²) in [6.45, 7) is 3.90. The van der Waals surface area contributed by atoms with Crippen molar-refractivity contribution in [2.75, 3.05) is 0 Å². The summed E-state index contributed by atoms with van der Waals surface area (Å²) in [5, 5.41) is 4.42. The van der Waals surface area contributed by atoms with Crippen LogP contribution in [0, 0.1) is 41.5 Å². The maximum absolute atomic E-state index is 13.0. The minimum absolute atomic E-state index is 0.111. The third-order valence-electron chi connectivity index (χ3n) is 5.01. The molecule has 0 aliphatic carbocycles. The Balaban J connectivity index is 0.000000179. The van der Waals surface area contributed by atoms with Crippen molar-refractivity contribution < 1.29 is 22.8 Å². The Morgan fingerprint density at radius 3 is 1.74 bits per heavy atom. The number of hydrogen-bond acceptors (Lipinski definition) is 4. The van der Waals surface area contributed by atoms with Gasteiger partial charge in [-0.3, -0.25) is 0 Å². The number of H-pyrrole nitrogens is 2. The van der Waals surface area contributed by atoms with Gasteiger partial charge in [0.15, 0.2) is 9.20 Å². The fraction of sp³-hybridized carbons (Fsp3) is 0.0769. The van der Waals surface area contributed by atoms with Gasteiger partial charge in [0.2, 0.25) is 0 Å². The van der Waals surface area contributed by atoms with E-state index in [4.69, 9.17) is 4.63 Å². The lowest BCUT2D eigenvalue weighted by Crippen LogP contribution is -2.12. The molecule has 0 radical (unpaired) electrons. The van der Waals surface area contributed by atoms with E-state index in [0.29, 0.717) is 21.6 Å². The highest BCUT2D eigenvalue weighted by Crippen LogP contribution is 2.19. The van der Waals surface area contributed by atoms with Crippen LogP contribution in [0.1, 0.15) is 22.4 Å². The zero-order valence-corrected chi connectivity index (χ0v) is 18.9. The highest BCUT2D eigenvalue weighted by Gasteiger charge is 2.22. The maximum Gasteiger partial charge on any atom is 0.366 e. The highest BCUT2D eigenvalue weighted by atomic mass is 19.1. The van der Waals surface area contributed by atoms with Crippen molar-refractivity contribution >= 4 is 0 Å². The van der Waals surface area contributed by atoms with E-state index in [2.05, 4.69) is 21.6 Å². The zero-order valence-electron chi connectivity index (χ0n) is 18.9. The molecule has 2 heterocycles. The van der Waals surface area contributed by atoms with Crippen LogP contribution >= 0.6 is 0 Å². The molecule has 174 valence electrons. The van der Waals surface area contributed by atoms with Crippen molar-refractivity contribution in [1.29, 1.82) is 0 Å². The molecule has 0 saturated heterocycles. The van der Waals surface area contributed by atoms with Crippen molar-refractivity contribution in [2.45, 2.75) is 13.8 Å². The van der Waals surface area contributed by atoms with E-state index in [0.717, 1.165) is 22.3 Å². The van der Waals surface area contributed by atoms with E-state index < -0.39 is 5.95 Å². The van der Waals surface area contributed by atoms with Crippen molar-refractivity contribution in [3.05, 3.63) is 117 Å². The summed E-state index contributed by atoms with van der Waals surface area (Å²) in [5.41, 5.74) is 4.99. The Bertz CT molecular complexity index is 1600. The molecule has 0 fully saturated rings. The minimum Gasteiger partial charge on any atom is -0.151 e. The molecular formula is C26H21FN4O4+2. The molecule has 5 rings (SSSR count). The van der Waals surface area contributed by atoms with Crippen LogP contribution in [0.25, 0.3) is 22.5 Å². The molecule has 0 bridgehead atoms. The first kappa shape index (κ1) is 23.2. The Hall–Kier alpha value is -4.97. The molecule has 3 aromatic carbocycles. The number of aryl methyl sites for hydroxylation is 2. The summed E-state index contributed by atoms with van der Waals surface area (Å²) in [6.07, 6.45) is 0. The van der Waals surface area contributed by atoms with E-state index in [-0.39, 0.29) is 10.3 Å². The predicted molar refractivity (Wildman–Crippen MR) is 126 cm³/mol. The van der Waals surface area contributed by atoms with Gasteiger partial charge in [0.25, 0.3) is 11.4 Å². The quantitative estimate of drug-likeness (QED) is 0.368. The molecule has 2 aromatic heterocycles. The molecule has 35 heavy (non-hydrogen) atoms. The predicted octanol–water partition coefficient (Wildman–Crippen LogP) is 4.53. The van der Waals surface area contributed by atoms with Gasteiger partial charge in [0.1, 0.15) is 0 Å². The van der Waals surface area contributed by atoms with Crippen LogP contribution in [-0.2, 0) is 0 Å². The molecule has 2 N–H and O–H groups in total. The topological polar surface area (TPSA) is 104 Å². The SMILES string of the molecule is Cc1ccc(-c2c(C#Cc3ccccc3)[nH]o[n+]2=O)cc1.Cc1ccc(-c2c(F)[nH]o[n+]2=O)cc1. The summed E-state index contributed by atoms with van der Waals surface area (Å²) in [7, 11) is 0. The van der Waals surface area contributed by atoms with Crippen molar-refractivity contribution in [3.63, 3.8) is 0 Å². The van der Waals surface area contributed by atoms with Gasteiger partial charge < -0.3 is 0 Å². The monoisotopic (exact) mass is 472 g/mol. The standard InChI is InChI=1S/C17H13N2O2.C9H8FN2O2/c1-13-7-10-15(11-8-13)17-16(18-21-19(17)20)12-9-14-5-3-2-4-6-14;1-6-2-4-7(5-3-6)8-9(10)11-14-12(8)13/h2-8,10-11,18H,1H3;2-5,11H,1H3/q2*+1. The van der Waals surface area contributed by atoms with E-state index in [1.54, 1.807) is 24.3 Å². The molecule has 0 atom stereocenters. The summed E-state index contributed by atoms with van der Waals surface area (Å²) >= 11 is 0. The second kappa shape index (κ2) is 10.3. The average molecular weight is 472 g/mol. The Morgan fingerprint density at radius 2 is 1.20 bits per heavy atom. The van der Waals surface area contributed by atoms with E-state index in [1.165, 1.54) is 0 Å². The molecular weight excluding hydrogens is 451 g/mol. The van der Waals surface area contributed by atoms with Crippen molar-refractivity contribution in [1.82, 2.24) is 10.3 Å². The lowest BCUT2D eigenvalue weighted by Gasteiger charge is -1.93. The second-order valence-electron chi connectivity index (χ2n) is 7.64. The number of hydrogen-bond donors (Lipinski definition) is 2. The van der Waals surface area contributed by atoms with Gasteiger partial charge in [-0.2, -0.15) is 4.39 Å². The van der Waals surface area contributed by atoms with Crippen molar-refractivity contribution in [2.24, 2.45) is 0 Å². The molecule has 8 nitrogen and oxygen atoms in total. The van der Waals surface area contributed by atoms with Gasteiger partial charge in [-0.25, -0.2) is 0 Å². The summed E-state index contributed by atoms with van der Waals surface area (Å²) in [4.78, 5) is 22.8. The lowest BCUT2D eigenvalue weighted by molar-refractivity contribution is -0.704.